The number of aryl methyl sites for hydroxylation is 2. The van der Waals surface area contributed by atoms with Gasteiger partial charge in [0.05, 0.1) is 10.6 Å². The van der Waals surface area contributed by atoms with Crippen molar-refractivity contribution < 1.29 is 14.0 Å². The number of amides is 3. The number of carbonyl (C=O) groups excluding carboxylic acids is 2. The molecule has 0 radical (unpaired) electrons. The molecule has 2 aliphatic heterocycles. The number of thioether (sulfide) groups is 1. The quantitative estimate of drug-likeness (QED) is 0.786. The van der Waals surface area contributed by atoms with Gasteiger partial charge in [0.25, 0.3) is 0 Å². The number of halogens is 1. The van der Waals surface area contributed by atoms with Crippen molar-refractivity contribution in [1.82, 2.24) is 4.90 Å². The Morgan fingerprint density at radius 3 is 2.41 bits per heavy atom. The molecule has 5 nitrogen and oxygen atoms in total. The van der Waals surface area contributed by atoms with E-state index in [0.29, 0.717) is 31.7 Å². The van der Waals surface area contributed by atoms with Crippen LogP contribution in [0.2, 0.25) is 0 Å². The maximum absolute atomic E-state index is 13.3. The molecule has 2 saturated heterocycles. The number of hydrogen-bond acceptors (Lipinski definition) is 3. The lowest BCUT2D eigenvalue weighted by Gasteiger charge is -2.43. The fourth-order valence-corrected chi connectivity index (χ4v) is 5.30. The summed E-state index contributed by atoms with van der Waals surface area (Å²) in [6.07, 6.45) is 1.36. The van der Waals surface area contributed by atoms with E-state index in [4.69, 9.17) is 0 Å². The topological polar surface area (TPSA) is 52.7 Å². The van der Waals surface area contributed by atoms with Crippen LogP contribution < -0.4 is 10.2 Å². The second kappa shape index (κ2) is 7.71. The molecule has 2 heterocycles. The molecule has 2 aromatic rings. The number of nitrogens with zero attached hydrogens (tertiary/aromatic N) is 2. The molecule has 1 spiro atoms. The largest absolute Gasteiger partial charge is 0.324 e. The summed E-state index contributed by atoms with van der Waals surface area (Å²) in [5.74, 6) is 0.126. The summed E-state index contributed by atoms with van der Waals surface area (Å²) in [6, 6.07) is 11.8. The highest BCUT2D eigenvalue weighted by molar-refractivity contribution is 8.02. The molecule has 7 heteroatoms. The van der Waals surface area contributed by atoms with Gasteiger partial charge in [-0.1, -0.05) is 6.07 Å². The first kappa shape index (κ1) is 19.8. The lowest BCUT2D eigenvalue weighted by Crippen LogP contribution is -2.53. The van der Waals surface area contributed by atoms with Gasteiger partial charge in [0.15, 0.2) is 0 Å². The second-order valence-corrected chi connectivity index (χ2v) is 8.99. The molecule has 3 amide bonds. The van der Waals surface area contributed by atoms with Crippen LogP contribution in [0.25, 0.3) is 0 Å². The van der Waals surface area contributed by atoms with Crippen molar-refractivity contribution in [2.24, 2.45) is 0 Å². The average molecular weight is 414 g/mol. The van der Waals surface area contributed by atoms with Gasteiger partial charge in [0.2, 0.25) is 5.91 Å². The van der Waals surface area contributed by atoms with Gasteiger partial charge in [-0.25, -0.2) is 9.18 Å². The van der Waals surface area contributed by atoms with Crippen LogP contribution in [0.15, 0.2) is 42.5 Å². The zero-order chi connectivity index (χ0) is 20.6. The third-order valence-electron chi connectivity index (χ3n) is 5.80. The van der Waals surface area contributed by atoms with Crippen LogP contribution in [-0.2, 0) is 4.79 Å². The molecular weight excluding hydrogens is 389 g/mol. The Kier molecular flexibility index (Phi) is 5.25. The maximum atomic E-state index is 13.3. The van der Waals surface area contributed by atoms with E-state index in [2.05, 4.69) is 5.32 Å². The highest BCUT2D eigenvalue weighted by Gasteiger charge is 2.49. The highest BCUT2D eigenvalue weighted by atomic mass is 32.2. The van der Waals surface area contributed by atoms with Crippen molar-refractivity contribution >= 4 is 35.1 Å². The number of urea groups is 1. The summed E-state index contributed by atoms with van der Waals surface area (Å²) in [5, 5.41) is 2.97. The van der Waals surface area contributed by atoms with Crippen LogP contribution in [-0.4, -0.2) is 40.6 Å². The van der Waals surface area contributed by atoms with Gasteiger partial charge in [-0.15, -0.1) is 11.8 Å². The third kappa shape index (κ3) is 3.83. The Balaban J connectivity index is 1.44. The van der Waals surface area contributed by atoms with Crippen molar-refractivity contribution in [1.29, 1.82) is 0 Å². The van der Waals surface area contributed by atoms with E-state index in [1.54, 1.807) is 33.7 Å². The monoisotopic (exact) mass is 413 g/mol. The van der Waals surface area contributed by atoms with E-state index in [0.717, 1.165) is 16.9 Å². The van der Waals surface area contributed by atoms with Crippen molar-refractivity contribution in [2.75, 3.05) is 29.1 Å². The molecule has 0 aliphatic carbocycles. The summed E-state index contributed by atoms with van der Waals surface area (Å²) in [6.45, 7) is 5.19. The molecule has 0 saturated carbocycles. The average Bonchev–Trinajstić information content (AvgIpc) is 3.02. The van der Waals surface area contributed by atoms with Gasteiger partial charge < -0.3 is 10.2 Å². The van der Waals surface area contributed by atoms with Crippen LogP contribution in [0.5, 0.6) is 0 Å². The van der Waals surface area contributed by atoms with Gasteiger partial charge in [0.1, 0.15) is 5.82 Å². The van der Waals surface area contributed by atoms with Crippen LogP contribution in [0, 0.1) is 19.7 Å². The molecule has 4 rings (SSSR count). The number of piperidine rings is 1. The van der Waals surface area contributed by atoms with E-state index >= 15 is 0 Å². The zero-order valence-electron chi connectivity index (χ0n) is 16.6. The van der Waals surface area contributed by atoms with Crippen molar-refractivity contribution in [2.45, 2.75) is 31.6 Å². The number of anilines is 2. The molecule has 0 bridgehead atoms. The van der Waals surface area contributed by atoms with Gasteiger partial charge >= 0.3 is 6.03 Å². The normalized spacial score (nSPS) is 18.4. The van der Waals surface area contributed by atoms with E-state index in [1.807, 2.05) is 32.0 Å². The van der Waals surface area contributed by atoms with Crippen LogP contribution >= 0.6 is 11.8 Å². The highest BCUT2D eigenvalue weighted by Crippen LogP contribution is 2.46. The fourth-order valence-electron chi connectivity index (χ4n) is 3.97. The van der Waals surface area contributed by atoms with Crippen molar-refractivity contribution in [3.8, 4) is 0 Å². The van der Waals surface area contributed by atoms with Gasteiger partial charge in [-0.2, -0.15) is 0 Å². The van der Waals surface area contributed by atoms with E-state index in [1.165, 1.54) is 17.7 Å². The molecule has 29 heavy (non-hydrogen) atoms. The minimum atomic E-state index is -0.369. The Hall–Kier alpha value is -2.54. The first-order valence-electron chi connectivity index (χ1n) is 9.74. The van der Waals surface area contributed by atoms with Gasteiger partial charge in [0, 0.05) is 24.5 Å². The van der Waals surface area contributed by atoms with Crippen molar-refractivity contribution in [3.63, 3.8) is 0 Å². The molecule has 2 fully saturated rings. The van der Waals surface area contributed by atoms with E-state index in [-0.39, 0.29) is 22.6 Å². The van der Waals surface area contributed by atoms with Crippen LogP contribution in [0.4, 0.5) is 20.6 Å². The molecule has 1 N–H and O–H groups in total. The molecule has 2 aliphatic rings. The minimum absolute atomic E-state index is 0.0367. The molecular formula is C22H24FN3O2S. The Morgan fingerprint density at radius 2 is 1.76 bits per heavy atom. The second-order valence-electron chi connectivity index (χ2n) is 7.66. The van der Waals surface area contributed by atoms with E-state index < -0.39 is 0 Å². The Morgan fingerprint density at radius 1 is 1.07 bits per heavy atom. The molecule has 0 unspecified atom stereocenters. The predicted octanol–water partition coefficient (Wildman–Crippen LogP) is 4.55. The molecule has 2 aromatic carbocycles. The third-order valence-corrected chi connectivity index (χ3v) is 7.32. The molecule has 0 aromatic heterocycles. The summed E-state index contributed by atoms with van der Waals surface area (Å²) >= 11 is 1.63. The Labute approximate surface area is 174 Å². The smallest absolute Gasteiger partial charge is 0.321 e. The number of benzene rings is 2. The number of rotatable bonds is 2. The molecule has 152 valence electrons. The number of likely N-dealkylation sites (tertiary alicyclic amines) is 1. The van der Waals surface area contributed by atoms with Gasteiger partial charge in [-0.3, -0.25) is 9.69 Å². The predicted molar refractivity (Wildman–Crippen MR) is 115 cm³/mol. The Bertz CT molecular complexity index is 940. The van der Waals surface area contributed by atoms with Gasteiger partial charge in [-0.05, 0) is 74.2 Å². The number of carbonyl (C=O) groups is 2. The first-order valence-corrected chi connectivity index (χ1v) is 10.7. The number of nitrogens with one attached hydrogen (secondary N) is 1. The lowest BCUT2D eigenvalue weighted by molar-refractivity contribution is -0.116. The van der Waals surface area contributed by atoms with E-state index in [9.17, 15) is 14.0 Å². The fraction of sp³-hybridized carbons (Fsp3) is 0.364. The lowest BCUT2D eigenvalue weighted by atomic mass is 10.0. The summed E-state index contributed by atoms with van der Waals surface area (Å²) in [5.41, 5.74) is 3.83. The molecule has 0 atom stereocenters. The minimum Gasteiger partial charge on any atom is -0.324 e. The van der Waals surface area contributed by atoms with Crippen LogP contribution in [0.1, 0.15) is 24.0 Å². The maximum Gasteiger partial charge on any atom is 0.321 e. The summed E-state index contributed by atoms with van der Waals surface area (Å²) in [4.78, 5) is 28.5. The van der Waals surface area contributed by atoms with Crippen molar-refractivity contribution in [3.05, 3.63) is 59.4 Å². The number of hydrogen-bond donors (Lipinski definition) is 1. The standard InChI is InChI=1S/C22H24FN3O2S/c1-15-3-6-18(13-16(15)2)24-21(28)25-11-9-22(10-12-25)26(20(27)14-29-22)19-7-4-17(23)5-8-19/h3-8,13H,9-12,14H2,1-2H3,(H,24,28). The summed E-state index contributed by atoms with van der Waals surface area (Å²) in [7, 11) is 0. The first-order chi connectivity index (χ1) is 13.9. The zero-order valence-corrected chi connectivity index (χ0v) is 17.4. The summed E-state index contributed by atoms with van der Waals surface area (Å²) < 4.78 is 13.3. The SMILES string of the molecule is Cc1ccc(NC(=O)N2CCC3(CC2)SCC(=O)N3c2ccc(F)cc2)cc1C. The van der Waals surface area contributed by atoms with Crippen LogP contribution in [0.3, 0.4) is 0 Å².